The number of carbonyl (C=O) groups is 1. The van der Waals surface area contributed by atoms with Crippen molar-refractivity contribution in [1.82, 2.24) is 24.6 Å². The zero-order valence-electron chi connectivity index (χ0n) is 14.8. The summed E-state index contributed by atoms with van der Waals surface area (Å²) in [5.41, 5.74) is 0. The van der Waals surface area contributed by atoms with E-state index in [0.717, 1.165) is 55.8 Å². The molecule has 1 atom stereocenters. The van der Waals surface area contributed by atoms with Crippen molar-refractivity contribution in [2.75, 3.05) is 38.5 Å². The molecule has 1 aliphatic heterocycles. The third kappa shape index (κ3) is 4.47. The van der Waals surface area contributed by atoms with Crippen LogP contribution in [-0.4, -0.2) is 68.9 Å². The minimum absolute atomic E-state index is 0.232. The van der Waals surface area contributed by atoms with Crippen molar-refractivity contribution >= 4 is 17.7 Å². The number of carbonyl (C=O) groups excluding carboxylic acids is 1. The molecule has 0 radical (unpaired) electrons. The summed E-state index contributed by atoms with van der Waals surface area (Å²) in [5.74, 6) is 2.66. The maximum Gasteiger partial charge on any atom is 0.236 e. The van der Waals surface area contributed by atoms with Gasteiger partial charge in [0.05, 0.1) is 6.54 Å². The van der Waals surface area contributed by atoms with E-state index in [0.29, 0.717) is 12.5 Å². The summed E-state index contributed by atoms with van der Waals surface area (Å²) in [7, 11) is 2.05. The molecule has 0 aromatic carbocycles. The first-order valence-electron chi connectivity index (χ1n) is 8.62. The van der Waals surface area contributed by atoms with Gasteiger partial charge in [-0.2, -0.15) is 0 Å². The fraction of sp³-hybridized carbons (Fsp3) is 0.812. The highest BCUT2D eigenvalue weighted by atomic mass is 32.2. The first-order chi connectivity index (χ1) is 11.1. The van der Waals surface area contributed by atoms with Gasteiger partial charge in [0.1, 0.15) is 5.82 Å². The quantitative estimate of drug-likeness (QED) is 0.711. The Kier molecular flexibility index (Phi) is 6.89. The molecule has 130 valence electrons. The Balaban J connectivity index is 1.99. The Morgan fingerprint density at radius 3 is 2.70 bits per heavy atom. The SMILES string of the molecule is CCSc1nnc([C@@H]2CCCN(CC(=O)N(CC)CC)C2)n1C. The third-order valence-electron chi connectivity index (χ3n) is 4.49. The molecule has 7 heteroatoms. The summed E-state index contributed by atoms with van der Waals surface area (Å²) in [6.07, 6.45) is 2.23. The normalized spacial score (nSPS) is 19.0. The van der Waals surface area contributed by atoms with E-state index >= 15 is 0 Å². The number of thioether (sulfide) groups is 1. The van der Waals surface area contributed by atoms with Gasteiger partial charge >= 0.3 is 0 Å². The number of amides is 1. The molecule has 1 saturated heterocycles. The zero-order valence-corrected chi connectivity index (χ0v) is 15.6. The van der Waals surface area contributed by atoms with E-state index in [1.54, 1.807) is 11.8 Å². The average Bonchev–Trinajstić information content (AvgIpc) is 2.90. The molecule has 0 aliphatic carbocycles. The molecule has 1 aromatic rings. The minimum atomic E-state index is 0.232. The summed E-state index contributed by atoms with van der Waals surface area (Å²) in [6, 6.07) is 0. The number of nitrogens with zero attached hydrogens (tertiary/aromatic N) is 5. The van der Waals surface area contributed by atoms with Crippen LogP contribution in [0.2, 0.25) is 0 Å². The van der Waals surface area contributed by atoms with Crippen molar-refractivity contribution in [1.29, 1.82) is 0 Å². The Morgan fingerprint density at radius 2 is 2.04 bits per heavy atom. The Bertz CT molecular complexity index is 515. The lowest BCUT2D eigenvalue weighted by molar-refractivity contribution is -0.132. The smallest absolute Gasteiger partial charge is 0.236 e. The van der Waals surface area contributed by atoms with Crippen molar-refractivity contribution in [3.8, 4) is 0 Å². The van der Waals surface area contributed by atoms with Crippen LogP contribution in [0.5, 0.6) is 0 Å². The van der Waals surface area contributed by atoms with Crippen LogP contribution < -0.4 is 0 Å². The van der Waals surface area contributed by atoms with Crippen molar-refractivity contribution in [3.05, 3.63) is 5.82 Å². The van der Waals surface area contributed by atoms with E-state index in [4.69, 9.17) is 0 Å². The molecule has 1 fully saturated rings. The van der Waals surface area contributed by atoms with Gasteiger partial charge in [0.2, 0.25) is 5.91 Å². The van der Waals surface area contributed by atoms with Crippen LogP contribution in [0.4, 0.5) is 0 Å². The summed E-state index contributed by atoms with van der Waals surface area (Å²) in [4.78, 5) is 16.5. The number of piperidine rings is 1. The summed E-state index contributed by atoms with van der Waals surface area (Å²) in [6.45, 7) is 10.2. The molecule has 0 saturated carbocycles. The Labute approximate surface area is 143 Å². The van der Waals surface area contributed by atoms with Crippen molar-refractivity contribution in [2.45, 2.75) is 44.7 Å². The van der Waals surface area contributed by atoms with Crippen molar-refractivity contribution in [3.63, 3.8) is 0 Å². The van der Waals surface area contributed by atoms with Gasteiger partial charge in [-0.3, -0.25) is 9.69 Å². The molecule has 0 N–H and O–H groups in total. The van der Waals surface area contributed by atoms with E-state index in [-0.39, 0.29) is 5.91 Å². The topological polar surface area (TPSA) is 54.3 Å². The van der Waals surface area contributed by atoms with Crippen LogP contribution in [-0.2, 0) is 11.8 Å². The maximum atomic E-state index is 12.3. The Hall–Kier alpha value is -1.08. The standard InChI is InChI=1S/C16H29N5OS/c1-5-21(6-2)14(22)12-20-10-8-9-13(11-20)15-17-18-16(19(15)4)23-7-3/h13H,5-12H2,1-4H3/t13-/m1/s1. The lowest BCUT2D eigenvalue weighted by Gasteiger charge is -2.33. The van der Waals surface area contributed by atoms with Crippen LogP contribution in [0.25, 0.3) is 0 Å². The largest absolute Gasteiger partial charge is 0.342 e. The van der Waals surface area contributed by atoms with Gasteiger partial charge in [-0.15, -0.1) is 10.2 Å². The molecule has 2 rings (SSSR count). The predicted molar refractivity (Wildman–Crippen MR) is 93.7 cm³/mol. The first kappa shape index (κ1) is 18.3. The number of likely N-dealkylation sites (tertiary alicyclic amines) is 1. The molecular weight excluding hydrogens is 310 g/mol. The second-order valence-electron chi connectivity index (χ2n) is 5.97. The molecule has 1 amide bonds. The molecule has 2 heterocycles. The maximum absolute atomic E-state index is 12.3. The second kappa shape index (κ2) is 8.68. The van der Waals surface area contributed by atoms with Gasteiger partial charge in [-0.25, -0.2) is 0 Å². The van der Waals surface area contributed by atoms with E-state index in [2.05, 4.69) is 26.6 Å². The van der Waals surface area contributed by atoms with Gasteiger partial charge in [-0.1, -0.05) is 18.7 Å². The van der Waals surface area contributed by atoms with Crippen molar-refractivity contribution < 1.29 is 4.79 Å². The highest BCUT2D eigenvalue weighted by Crippen LogP contribution is 2.27. The minimum Gasteiger partial charge on any atom is -0.342 e. The molecule has 1 aromatic heterocycles. The first-order valence-corrected chi connectivity index (χ1v) is 9.61. The third-order valence-corrected chi connectivity index (χ3v) is 5.39. The van der Waals surface area contributed by atoms with Crippen LogP contribution in [0.15, 0.2) is 5.16 Å². The van der Waals surface area contributed by atoms with Crippen LogP contribution in [0.3, 0.4) is 0 Å². The molecule has 6 nitrogen and oxygen atoms in total. The fourth-order valence-electron chi connectivity index (χ4n) is 3.21. The number of rotatable bonds is 7. The number of likely N-dealkylation sites (N-methyl/N-ethyl adjacent to an activating group) is 1. The average molecular weight is 340 g/mol. The van der Waals surface area contributed by atoms with Crippen LogP contribution in [0, 0.1) is 0 Å². The van der Waals surface area contributed by atoms with Crippen LogP contribution >= 0.6 is 11.8 Å². The van der Waals surface area contributed by atoms with Gasteiger partial charge in [-0.05, 0) is 39.0 Å². The molecule has 1 aliphatic rings. The zero-order chi connectivity index (χ0) is 16.8. The highest BCUT2D eigenvalue weighted by Gasteiger charge is 2.27. The molecule has 0 bridgehead atoms. The van der Waals surface area contributed by atoms with Gasteiger partial charge < -0.3 is 9.47 Å². The van der Waals surface area contributed by atoms with E-state index < -0.39 is 0 Å². The predicted octanol–water partition coefficient (Wildman–Crippen LogP) is 1.97. The lowest BCUT2D eigenvalue weighted by atomic mass is 9.97. The van der Waals surface area contributed by atoms with E-state index in [1.165, 1.54) is 0 Å². The van der Waals surface area contributed by atoms with Gasteiger partial charge in [0.15, 0.2) is 5.16 Å². The monoisotopic (exact) mass is 339 g/mol. The number of aromatic nitrogens is 3. The van der Waals surface area contributed by atoms with E-state index in [1.807, 2.05) is 25.8 Å². The Morgan fingerprint density at radius 1 is 1.30 bits per heavy atom. The summed E-state index contributed by atoms with van der Waals surface area (Å²) < 4.78 is 2.12. The second-order valence-corrected chi connectivity index (χ2v) is 7.20. The molecular formula is C16H29N5OS. The summed E-state index contributed by atoms with van der Waals surface area (Å²) in [5, 5.41) is 9.70. The number of hydrogen-bond acceptors (Lipinski definition) is 5. The van der Waals surface area contributed by atoms with Crippen molar-refractivity contribution in [2.24, 2.45) is 7.05 Å². The van der Waals surface area contributed by atoms with Crippen LogP contribution in [0.1, 0.15) is 45.4 Å². The van der Waals surface area contributed by atoms with Gasteiger partial charge in [0.25, 0.3) is 0 Å². The van der Waals surface area contributed by atoms with Gasteiger partial charge in [0, 0.05) is 32.6 Å². The highest BCUT2D eigenvalue weighted by molar-refractivity contribution is 7.99. The summed E-state index contributed by atoms with van der Waals surface area (Å²) >= 11 is 1.72. The molecule has 23 heavy (non-hydrogen) atoms. The lowest BCUT2D eigenvalue weighted by Crippen LogP contribution is -2.44. The molecule has 0 spiro atoms. The molecule has 0 unspecified atom stereocenters. The number of hydrogen-bond donors (Lipinski definition) is 0. The van der Waals surface area contributed by atoms with E-state index in [9.17, 15) is 4.79 Å². The fourth-order valence-corrected chi connectivity index (χ4v) is 3.86.